The third-order valence-electron chi connectivity index (χ3n) is 5.74. The second kappa shape index (κ2) is 7.98. The fourth-order valence-corrected chi connectivity index (χ4v) is 4.16. The first-order chi connectivity index (χ1) is 12.8. The molecular weight excluding hydrogens is 326 g/mol. The van der Waals surface area contributed by atoms with Crippen LogP contribution in [0.3, 0.4) is 0 Å². The number of fused-ring (bicyclic) bond motifs is 1. The molecule has 0 atom stereocenters. The van der Waals surface area contributed by atoms with Crippen LogP contribution in [-0.4, -0.2) is 40.0 Å². The number of nitrogens with one attached hydrogen (secondary N) is 1. The lowest BCUT2D eigenvalue weighted by molar-refractivity contribution is -0.126. The summed E-state index contributed by atoms with van der Waals surface area (Å²) in [6, 6.07) is 2.44. The van der Waals surface area contributed by atoms with Crippen molar-refractivity contribution in [2.24, 2.45) is 5.92 Å². The van der Waals surface area contributed by atoms with Gasteiger partial charge in [0.2, 0.25) is 5.91 Å². The molecule has 1 saturated heterocycles. The molecule has 3 heterocycles. The minimum absolute atomic E-state index is 0.141. The van der Waals surface area contributed by atoms with E-state index in [1.807, 2.05) is 12.3 Å². The minimum atomic E-state index is 0.141. The number of carbonyl (C=O) groups is 1. The van der Waals surface area contributed by atoms with Crippen molar-refractivity contribution in [2.75, 3.05) is 18.0 Å². The summed E-state index contributed by atoms with van der Waals surface area (Å²) in [5.74, 6) is 0.404. The predicted molar refractivity (Wildman–Crippen MR) is 102 cm³/mol. The molecule has 0 unspecified atom stereocenters. The van der Waals surface area contributed by atoms with Gasteiger partial charge in [0.25, 0.3) is 0 Å². The fourth-order valence-electron chi connectivity index (χ4n) is 4.16. The summed E-state index contributed by atoms with van der Waals surface area (Å²) in [4.78, 5) is 27.9. The van der Waals surface area contributed by atoms with E-state index in [2.05, 4.69) is 25.2 Å². The van der Waals surface area contributed by atoms with E-state index in [4.69, 9.17) is 0 Å². The van der Waals surface area contributed by atoms with Crippen molar-refractivity contribution in [2.45, 2.75) is 57.4 Å². The predicted octanol–water partition coefficient (Wildman–Crippen LogP) is 3.08. The summed E-state index contributed by atoms with van der Waals surface area (Å²) in [6.07, 6.45) is 14.4. The zero-order valence-electron chi connectivity index (χ0n) is 15.2. The highest BCUT2D eigenvalue weighted by atomic mass is 16.1. The SMILES string of the molecule is O=C(NC1CCCCCC1)C1CCN(c2cnc3nccnc3c2)CC1. The molecule has 2 aliphatic rings. The van der Waals surface area contributed by atoms with E-state index >= 15 is 0 Å². The maximum absolute atomic E-state index is 12.6. The molecule has 138 valence electrons. The highest BCUT2D eigenvalue weighted by Crippen LogP contribution is 2.25. The molecule has 0 aromatic carbocycles. The third kappa shape index (κ3) is 3.94. The molecule has 0 spiro atoms. The summed E-state index contributed by atoms with van der Waals surface area (Å²) in [5, 5.41) is 3.32. The lowest BCUT2D eigenvalue weighted by Crippen LogP contribution is -2.43. The van der Waals surface area contributed by atoms with Gasteiger partial charge in [-0.15, -0.1) is 0 Å². The van der Waals surface area contributed by atoms with Crippen LogP contribution in [0.5, 0.6) is 0 Å². The number of piperidine rings is 1. The lowest BCUT2D eigenvalue weighted by atomic mass is 9.94. The van der Waals surface area contributed by atoms with Crippen molar-refractivity contribution in [3.05, 3.63) is 24.7 Å². The summed E-state index contributed by atoms with van der Waals surface area (Å²) in [7, 11) is 0. The topological polar surface area (TPSA) is 71.0 Å². The molecule has 1 aliphatic carbocycles. The number of rotatable bonds is 3. The quantitative estimate of drug-likeness (QED) is 0.859. The van der Waals surface area contributed by atoms with Gasteiger partial charge in [0.1, 0.15) is 5.52 Å². The van der Waals surface area contributed by atoms with E-state index in [0.29, 0.717) is 11.7 Å². The molecule has 26 heavy (non-hydrogen) atoms. The van der Waals surface area contributed by atoms with Crippen molar-refractivity contribution < 1.29 is 4.79 Å². The van der Waals surface area contributed by atoms with Crippen LogP contribution < -0.4 is 10.2 Å². The van der Waals surface area contributed by atoms with E-state index in [1.54, 1.807) is 12.4 Å². The number of hydrogen-bond acceptors (Lipinski definition) is 5. The van der Waals surface area contributed by atoms with Crippen molar-refractivity contribution >= 4 is 22.8 Å². The fraction of sp³-hybridized carbons (Fsp3) is 0.600. The molecule has 1 aliphatic heterocycles. The summed E-state index contributed by atoms with van der Waals surface area (Å²) in [6.45, 7) is 1.77. The number of pyridine rings is 1. The van der Waals surface area contributed by atoms with Crippen molar-refractivity contribution in [1.82, 2.24) is 20.3 Å². The van der Waals surface area contributed by atoms with Gasteiger partial charge in [-0.1, -0.05) is 25.7 Å². The van der Waals surface area contributed by atoms with E-state index < -0.39 is 0 Å². The molecule has 0 radical (unpaired) electrons. The number of nitrogens with zero attached hydrogens (tertiary/aromatic N) is 4. The zero-order valence-corrected chi connectivity index (χ0v) is 15.2. The molecule has 0 bridgehead atoms. The number of amides is 1. The Balaban J connectivity index is 1.33. The van der Waals surface area contributed by atoms with Crippen LogP contribution in [-0.2, 0) is 4.79 Å². The second-order valence-electron chi connectivity index (χ2n) is 7.55. The summed E-state index contributed by atoms with van der Waals surface area (Å²) < 4.78 is 0. The molecule has 6 nitrogen and oxygen atoms in total. The molecule has 4 rings (SSSR count). The Bertz CT molecular complexity index is 749. The van der Waals surface area contributed by atoms with E-state index in [0.717, 1.165) is 50.0 Å². The molecule has 1 N–H and O–H groups in total. The Labute approximate surface area is 154 Å². The number of aromatic nitrogens is 3. The van der Waals surface area contributed by atoms with Crippen LogP contribution in [0.25, 0.3) is 11.2 Å². The first-order valence-corrected chi connectivity index (χ1v) is 9.92. The van der Waals surface area contributed by atoms with Crippen molar-refractivity contribution in [3.63, 3.8) is 0 Å². The average Bonchev–Trinajstić information content (AvgIpc) is 2.96. The standard InChI is InChI=1S/C20H27N5O/c26-20(24-16-5-3-1-2-4-6-16)15-7-11-25(12-8-15)17-13-18-19(23-14-17)22-10-9-21-18/h9-10,13-16H,1-8,11-12H2,(H,24,26). The first kappa shape index (κ1) is 17.2. The Kier molecular flexibility index (Phi) is 5.27. The van der Waals surface area contributed by atoms with Crippen molar-refractivity contribution in [3.8, 4) is 0 Å². The Morgan fingerprint density at radius 3 is 2.46 bits per heavy atom. The average molecular weight is 353 g/mol. The normalized spacial score (nSPS) is 20.1. The van der Waals surface area contributed by atoms with Gasteiger partial charge in [0, 0.05) is 37.4 Å². The van der Waals surface area contributed by atoms with Crippen LogP contribution in [0.15, 0.2) is 24.7 Å². The molecule has 6 heteroatoms. The second-order valence-corrected chi connectivity index (χ2v) is 7.55. The van der Waals surface area contributed by atoms with Crippen LogP contribution in [0.1, 0.15) is 51.4 Å². The zero-order chi connectivity index (χ0) is 17.8. The van der Waals surface area contributed by atoms with E-state index in [-0.39, 0.29) is 11.8 Å². The summed E-state index contributed by atoms with van der Waals surface area (Å²) in [5.41, 5.74) is 2.56. The van der Waals surface area contributed by atoms with Crippen molar-refractivity contribution in [1.29, 1.82) is 0 Å². The van der Waals surface area contributed by atoms with Gasteiger partial charge in [-0.05, 0) is 31.7 Å². The Morgan fingerprint density at radius 1 is 0.962 bits per heavy atom. The minimum Gasteiger partial charge on any atom is -0.370 e. The molecule has 2 aromatic heterocycles. The highest BCUT2D eigenvalue weighted by Gasteiger charge is 2.27. The number of anilines is 1. The monoisotopic (exact) mass is 353 g/mol. The maximum atomic E-state index is 12.6. The first-order valence-electron chi connectivity index (χ1n) is 9.92. The largest absolute Gasteiger partial charge is 0.370 e. The highest BCUT2D eigenvalue weighted by molar-refractivity contribution is 5.79. The lowest BCUT2D eigenvalue weighted by Gasteiger charge is -2.33. The van der Waals surface area contributed by atoms with Gasteiger partial charge in [-0.3, -0.25) is 9.78 Å². The van der Waals surface area contributed by atoms with Gasteiger partial charge in [0.05, 0.1) is 11.9 Å². The smallest absolute Gasteiger partial charge is 0.223 e. The number of carbonyl (C=O) groups excluding carboxylic acids is 1. The van der Waals surface area contributed by atoms with Gasteiger partial charge in [-0.25, -0.2) is 9.97 Å². The van der Waals surface area contributed by atoms with Crippen LogP contribution >= 0.6 is 0 Å². The Hall–Kier alpha value is -2.24. The number of hydrogen-bond donors (Lipinski definition) is 1. The van der Waals surface area contributed by atoms with E-state index in [9.17, 15) is 4.79 Å². The molecule has 1 amide bonds. The van der Waals surface area contributed by atoms with Gasteiger partial charge >= 0.3 is 0 Å². The third-order valence-corrected chi connectivity index (χ3v) is 5.74. The van der Waals surface area contributed by atoms with E-state index in [1.165, 1.54) is 25.7 Å². The van der Waals surface area contributed by atoms with Crippen LogP contribution in [0.2, 0.25) is 0 Å². The molecule has 2 aromatic rings. The van der Waals surface area contributed by atoms with Crippen LogP contribution in [0.4, 0.5) is 5.69 Å². The maximum Gasteiger partial charge on any atom is 0.223 e. The molecule has 1 saturated carbocycles. The molecular formula is C20H27N5O. The van der Waals surface area contributed by atoms with Crippen LogP contribution in [0, 0.1) is 5.92 Å². The summed E-state index contributed by atoms with van der Waals surface area (Å²) >= 11 is 0. The van der Waals surface area contributed by atoms with Gasteiger partial charge < -0.3 is 10.2 Å². The molecule has 2 fully saturated rings. The van der Waals surface area contributed by atoms with Gasteiger partial charge in [-0.2, -0.15) is 0 Å². The van der Waals surface area contributed by atoms with Gasteiger partial charge in [0.15, 0.2) is 5.65 Å². The Morgan fingerprint density at radius 2 is 1.69 bits per heavy atom.